The van der Waals surface area contributed by atoms with Crippen LogP contribution in [0, 0.1) is 5.41 Å². The molecule has 6 N–H and O–H groups in total. The number of nitrogen functional groups attached to an aromatic ring is 1. The SMILES string of the molecule is CN=C(C=C(N)C(=N)c1cc(OC2(C)CC2)ccc1N)N1CCN(c2cc(C(C)(C)O)ccn2)CC1. The van der Waals surface area contributed by atoms with E-state index in [0.717, 1.165) is 50.4 Å². The van der Waals surface area contributed by atoms with Crippen LogP contribution in [0.1, 0.15) is 44.7 Å². The van der Waals surface area contributed by atoms with E-state index in [2.05, 4.69) is 26.7 Å². The molecule has 1 aromatic carbocycles. The number of benzene rings is 1. The van der Waals surface area contributed by atoms with E-state index >= 15 is 0 Å². The minimum Gasteiger partial charge on any atom is -0.488 e. The van der Waals surface area contributed by atoms with Gasteiger partial charge in [-0.1, -0.05) is 0 Å². The van der Waals surface area contributed by atoms with Crippen LogP contribution in [-0.2, 0) is 5.60 Å². The maximum absolute atomic E-state index is 10.3. The quantitative estimate of drug-likeness (QED) is 0.265. The molecule has 36 heavy (non-hydrogen) atoms. The Morgan fingerprint density at radius 2 is 1.89 bits per heavy atom. The highest BCUT2D eigenvalue weighted by Gasteiger charge is 2.40. The second-order valence-corrected chi connectivity index (χ2v) is 10.3. The Kier molecular flexibility index (Phi) is 6.95. The molecule has 4 rings (SSSR count). The molecule has 0 radical (unpaired) electrons. The minimum atomic E-state index is -0.917. The minimum absolute atomic E-state index is 0.119. The summed E-state index contributed by atoms with van der Waals surface area (Å²) in [7, 11) is 1.72. The number of anilines is 2. The Labute approximate surface area is 213 Å². The summed E-state index contributed by atoms with van der Waals surface area (Å²) in [5, 5.41) is 19.0. The van der Waals surface area contributed by atoms with Crippen molar-refractivity contribution in [1.29, 1.82) is 5.41 Å². The zero-order valence-corrected chi connectivity index (χ0v) is 21.6. The number of piperazine rings is 1. The molecule has 2 fully saturated rings. The van der Waals surface area contributed by atoms with Crippen molar-refractivity contribution < 1.29 is 9.84 Å². The summed E-state index contributed by atoms with van der Waals surface area (Å²) in [6.45, 7) is 8.56. The third-order valence-electron chi connectivity index (χ3n) is 6.79. The number of pyridine rings is 1. The Morgan fingerprint density at radius 3 is 2.50 bits per heavy atom. The summed E-state index contributed by atoms with van der Waals surface area (Å²) in [5.41, 5.74) is 13.8. The normalized spacial score (nSPS) is 18.2. The molecule has 0 amide bonds. The molecule has 1 aliphatic carbocycles. The molecule has 9 heteroatoms. The smallest absolute Gasteiger partial charge is 0.128 e. The van der Waals surface area contributed by atoms with E-state index in [0.29, 0.717) is 28.5 Å². The van der Waals surface area contributed by atoms with Crippen LogP contribution in [-0.4, -0.2) is 65.4 Å². The summed E-state index contributed by atoms with van der Waals surface area (Å²) < 4.78 is 6.04. The van der Waals surface area contributed by atoms with Crippen LogP contribution in [0.25, 0.3) is 0 Å². The topological polar surface area (TPSA) is 137 Å². The first-order chi connectivity index (χ1) is 17.0. The van der Waals surface area contributed by atoms with Crippen molar-refractivity contribution in [1.82, 2.24) is 9.88 Å². The van der Waals surface area contributed by atoms with E-state index in [1.807, 2.05) is 18.2 Å². The molecule has 192 valence electrons. The van der Waals surface area contributed by atoms with E-state index < -0.39 is 5.60 Å². The lowest BCUT2D eigenvalue weighted by atomic mass is 9.99. The number of ether oxygens (including phenoxy) is 1. The first-order valence-corrected chi connectivity index (χ1v) is 12.3. The first-order valence-electron chi connectivity index (χ1n) is 12.3. The zero-order chi connectivity index (χ0) is 26.1. The van der Waals surface area contributed by atoms with Gasteiger partial charge in [0.25, 0.3) is 0 Å². The molecule has 0 spiro atoms. The highest BCUT2D eigenvalue weighted by Crippen LogP contribution is 2.40. The van der Waals surface area contributed by atoms with E-state index in [-0.39, 0.29) is 11.3 Å². The van der Waals surface area contributed by atoms with Gasteiger partial charge in [-0.2, -0.15) is 0 Å². The summed E-state index contributed by atoms with van der Waals surface area (Å²) in [6, 6.07) is 9.16. The van der Waals surface area contributed by atoms with Crippen molar-refractivity contribution in [3.05, 3.63) is 59.4 Å². The van der Waals surface area contributed by atoms with Gasteiger partial charge in [0.1, 0.15) is 23.0 Å². The van der Waals surface area contributed by atoms with E-state index in [4.69, 9.17) is 21.6 Å². The molecule has 0 atom stereocenters. The molecule has 0 bridgehead atoms. The molecule has 9 nitrogen and oxygen atoms in total. The number of nitrogens with two attached hydrogens (primary N) is 2. The largest absolute Gasteiger partial charge is 0.488 e. The van der Waals surface area contributed by atoms with Crippen LogP contribution in [0.2, 0.25) is 0 Å². The fourth-order valence-corrected chi connectivity index (χ4v) is 4.18. The Balaban J connectivity index is 1.43. The molecule has 2 aliphatic rings. The molecule has 2 aromatic rings. The second-order valence-electron chi connectivity index (χ2n) is 10.3. The number of allylic oxidation sites excluding steroid dienone is 1. The summed E-state index contributed by atoms with van der Waals surface area (Å²) in [5.74, 6) is 2.25. The zero-order valence-electron chi connectivity index (χ0n) is 21.6. The van der Waals surface area contributed by atoms with Crippen molar-refractivity contribution in [2.75, 3.05) is 43.9 Å². The summed E-state index contributed by atoms with van der Waals surface area (Å²) in [4.78, 5) is 13.3. The van der Waals surface area contributed by atoms with Crippen LogP contribution in [0.3, 0.4) is 0 Å². The predicted octanol–water partition coefficient (Wildman–Crippen LogP) is 2.88. The number of aromatic nitrogens is 1. The third-order valence-corrected chi connectivity index (χ3v) is 6.79. The van der Waals surface area contributed by atoms with Gasteiger partial charge >= 0.3 is 0 Å². The number of hydrogen-bond acceptors (Lipinski definition) is 8. The van der Waals surface area contributed by atoms with Crippen molar-refractivity contribution >= 4 is 23.1 Å². The predicted molar refractivity (Wildman–Crippen MR) is 145 cm³/mol. The van der Waals surface area contributed by atoms with Gasteiger partial charge in [-0.15, -0.1) is 0 Å². The fourth-order valence-electron chi connectivity index (χ4n) is 4.18. The highest BCUT2D eigenvalue weighted by molar-refractivity contribution is 6.15. The lowest BCUT2D eigenvalue weighted by Crippen LogP contribution is -2.49. The van der Waals surface area contributed by atoms with E-state index in [1.165, 1.54) is 0 Å². The number of rotatable bonds is 7. The Morgan fingerprint density at radius 1 is 1.19 bits per heavy atom. The average Bonchev–Trinajstić information content (AvgIpc) is 3.59. The van der Waals surface area contributed by atoms with Crippen molar-refractivity contribution in [2.24, 2.45) is 10.7 Å². The van der Waals surface area contributed by atoms with Crippen molar-refractivity contribution in [3.8, 4) is 5.75 Å². The van der Waals surface area contributed by atoms with Crippen LogP contribution in [0.5, 0.6) is 5.75 Å². The standard InChI is InChI=1S/C27H37N7O2/c1-26(2,35)18-7-10-32-24(15-18)34-13-11-33(12-14-34)23(31-4)17-22(29)25(30)20-16-19(5-6-21(20)28)36-27(3)8-9-27/h5-7,10,15-17,30,35H,8-9,11-14,28-29H2,1-4H3. The molecule has 1 aromatic heterocycles. The van der Waals surface area contributed by atoms with Crippen molar-refractivity contribution in [2.45, 2.75) is 44.8 Å². The van der Waals surface area contributed by atoms with Crippen LogP contribution in [0.4, 0.5) is 11.5 Å². The van der Waals surface area contributed by atoms with Gasteiger partial charge in [-0.25, -0.2) is 4.98 Å². The monoisotopic (exact) mass is 491 g/mol. The molecule has 1 saturated carbocycles. The van der Waals surface area contributed by atoms with Gasteiger partial charge < -0.3 is 31.1 Å². The van der Waals surface area contributed by atoms with Gasteiger partial charge in [-0.3, -0.25) is 10.4 Å². The van der Waals surface area contributed by atoms with E-state index in [9.17, 15) is 5.11 Å². The molecular formula is C27H37N7O2. The number of aliphatic hydroxyl groups is 1. The molecule has 2 heterocycles. The maximum Gasteiger partial charge on any atom is 0.128 e. The molecular weight excluding hydrogens is 454 g/mol. The van der Waals surface area contributed by atoms with Gasteiger partial charge in [-0.05, 0) is 69.5 Å². The van der Waals surface area contributed by atoms with Gasteiger partial charge in [0.05, 0.1) is 17.0 Å². The third kappa shape index (κ3) is 5.79. The van der Waals surface area contributed by atoms with Crippen LogP contribution in [0.15, 0.2) is 53.3 Å². The lowest BCUT2D eigenvalue weighted by Gasteiger charge is -2.37. The van der Waals surface area contributed by atoms with Gasteiger partial charge in [0, 0.05) is 56.8 Å². The van der Waals surface area contributed by atoms with Gasteiger partial charge in [0.15, 0.2) is 0 Å². The number of nitrogens with zero attached hydrogens (tertiary/aromatic N) is 4. The number of aliphatic imine (C=N–C) groups is 1. The summed E-state index contributed by atoms with van der Waals surface area (Å²) >= 11 is 0. The Hall–Kier alpha value is -3.59. The van der Waals surface area contributed by atoms with E-state index in [1.54, 1.807) is 45.3 Å². The van der Waals surface area contributed by atoms with Crippen molar-refractivity contribution in [3.63, 3.8) is 0 Å². The number of hydrogen-bond donors (Lipinski definition) is 4. The number of amidine groups is 1. The lowest BCUT2D eigenvalue weighted by molar-refractivity contribution is 0.0785. The first kappa shape index (κ1) is 25.5. The molecule has 1 aliphatic heterocycles. The highest BCUT2D eigenvalue weighted by atomic mass is 16.5. The fraction of sp³-hybridized carbons (Fsp3) is 0.444. The van der Waals surface area contributed by atoms with Gasteiger partial charge in [0.2, 0.25) is 0 Å². The number of nitrogens with one attached hydrogen (secondary N) is 1. The second kappa shape index (κ2) is 9.81. The van der Waals surface area contributed by atoms with Crippen LogP contribution >= 0.6 is 0 Å². The van der Waals surface area contributed by atoms with Crippen LogP contribution < -0.4 is 21.1 Å². The average molecular weight is 492 g/mol. The molecule has 0 unspecified atom stereocenters. The maximum atomic E-state index is 10.3. The molecule has 1 saturated heterocycles. The summed E-state index contributed by atoms with van der Waals surface area (Å²) in [6.07, 6.45) is 5.52. The Bertz CT molecular complexity index is 1190.